The molecule has 0 radical (unpaired) electrons. The number of nitrogens with zero attached hydrogens (tertiary/aromatic N) is 4. The fraction of sp³-hybridized carbons (Fsp3) is 0.600. The van der Waals surface area contributed by atoms with Crippen molar-refractivity contribution in [2.45, 2.75) is 20.3 Å². The van der Waals surface area contributed by atoms with Crippen LogP contribution in [0, 0.1) is 13.8 Å². The lowest BCUT2D eigenvalue weighted by molar-refractivity contribution is 0.223. The molecule has 5 heteroatoms. The summed E-state index contributed by atoms with van der Waals surface area (Å²) in [6.07, 6.45) is 0.918. The van der Waals surface area contributed by atoms with E-state index in [1.54, 1.807) is 23.9 Å². The summed E-state index contributed by atoms with van der Waals surface area (Å²) in [6.45, 7) is 5.60. The molecular formula is C15H26N4O. The van der Waals surface area contributed by atoms with Crippen molar-refractivity contribution in [2.24, 2.45) is 0 Å². The Hall–Kier alpha value is -1.62. The van der Waals surface area contributed by atoms with E-state index in [0.717, 1.165) is 30.0 Å². The topological polar surface area (TPSA) is 39.7 Å². The number of hydrogen-bond donors (Lipinski definition) is 0. The summed E-state index contributed by atoms with van der Waals surface area (Å²) in [5, 5.41) is 0. The maximum Gasteiger partial charge on any atom is 0.325 e. The van der Waals surface area contributed by atoms with Gasteiger partial charge in [0.15, 0.2) is 0 Å². The van der Waals surface area contributed by atoms with E-state index in [2.05, 4.69) is 9.88 Å². The van der Waals surface area contributed by atoms with Gasteiger partial charge >= 0.3 is 6.03 Å². The number of carbonyl (C=O) groups is 1. The van der Waals surface area contributed by atoms with Crippen LogP contribution in [0.1, 0.15) is 17.7 Å². The van der Waals surface area contributed by atoms with Crippen molar-refractivity contribution in [3.63, 3.8) is 0 Å². The van der Waals surface area contributed by atoms with Crippen LogP contribution in [0.5, 0.6) is 0 Å². The van der Waals surface area contributed by atoms with Gasteiger partial charge in [0, 0.05) is 26.3 Å². The molecule has 20 heavy (non-hydrogen) atoms. The second kappa shape index (κ2) is 7.24. The Morgan fingerprint density at radius 3 is 2.25 bits per heavy atom. The second-order valence-electron chi connectivity index (χ2n) is 5.63. The zero-order valence-electron chi connectivity index (χ0n) is 13.5. The average molecular weight is 278 g/mol. The third-order valence-corrected chi connectivity index (χ3v) is 2.96. The fourth-order valence-corrected chi connectivity index (χ4v) is 2.05. The predicted molar refractivity (Wildman–Crippen MR) is 83.3 cm³/mol. The van der Waals surface area contributed by atoms with Gasteiger partial charge in [0.2, 0.25) is 0 Å². The Bertz CT molecular complexity index is 437. The van der Waals surface area contributed by atoms with E-state index in [9.17, 15) is 4.79 Å². The molecule has 0 spiro atoms. The molecule has 0 fully saturated rings. The quantitative estimate of drug-likeness (QED) is 0.828. The van der Waals surface area contributed by atoms with Gasteiger partial charge in [-0.1, -0.05) is 0 Å². The van der Waals surface area contributed by atoms with Crippen molar-refractivity contribution >= 4 is 11.8 Å². The van der Waals surface area contributed by atoms with E-state index in [-0.39, 0.29) is 6.03 Å². The Labute approximate surface area is 122 Å². The molecule has 1 heterocycles. The number of carbonyl (C=O) groups excluding carboxylic acids is 1. The minimum Gasteiger partial charge on any atom is -0.330 e. The second-order valence-corrected chi connectivity index (χ2v) is 5.63. The first-order chi connectivity index (χ1) is 9.31. The Morgan fingerprint density at radius 1 is 1.10 bits per heavy atom. The molecule has 0 aromatic carbocycles. The molecule has 0 saturated heterocycles. The predicted octanol–water partition coefficient (Wildman–Crippen LogP) is 2.14. The highest BCUT2D eigenvalue weighted by Gasteiger charge is 2.19. The number of aromatic nitrogens is 1. The van der Waals surface area contributed by atoms with Gasteiger partial charge in [-0.25, -0.2) is 9.78 Å². The molecule has 1 rings (SSSR count). The fourth-order valence-electron chi connectivity index (χ4n) is 2.05. The van der Waals surface area contributed by atoms with Crippen molar-refractivity contribution in [1.29, 1.82) is 0 Å². The molecule has 0 atom stereocenters. The largest absolute Gasteiger partial charge is 0.330 e. The molecule has 0 aliphatic heterocycles. The number of rotatable bonds is 5. The first-order valence-electron chi connectivity index (χ1n) is 6.90. The van der Waals surface area contributed by atoms with Gasteiger partial charge in [0.1, 0.15) is 5.82 Å². The number of hydrogen-bond acceptors (Lipinski definition) is 3. The highest BCUT2D eigenvalue weighted by atomic mass is 16.2. The monoisotopic (exact) mass is 278 g/mol. The van der Waals surface area contributed by atoms with Crippen LogP contribution in [0.3, 0.4) is 0 Å². The summed E-state index contributed by atoms with van der Waals surface area (Å²) in [5.74, 6) is 0.736. The van der Waals surface area contributed by atoms with E-state index in [4.69, 9.17) is 0 Å². The molecule has 0 saturated carbocycles. The molecular weight excluding hydrogens is 252 g/mol. The van der Waals surface area contributed by atoms with Crippen LogP contribution in [-0.4, -0.2) is 62.1 Å². The van der Waals surface area contributed by atoms with E-state index >= 15 is 0 Å². The van der Waals surface area contributed by atoms with Gasteiger partial charge in [0.25, 0.3) is 0 Å². The van der Waals surface area contributed by atoms with E-state index in [0.29, 0.717) is 6.54 Å². The molecule has 112 valence electrons. The Kier molecular flexibility index (Phi) is 5.95. The minimum absolute atomic E-state index is 0.0266. The zero-order valence-corrected chi connectivity index (χ0v) is 13.5. The van der Waals surface area contributed by atoms with Gasteiger partial charge in [-0.05, 0) is 58.6 Å². The number of pyridine rings is 1. The van der Waals surface area contributed by atoms with Crippen molar-refractivity contribution < 1.29 is 4.79 Å². The van der Waals surface area contributed by atoms with Crippen LogP contribution >= 0.6 is 0 Å². The van der Waals surface area contributed by atoms with Gasteiger partial charge in [0.05, 0.1) is 0 Å². The van der Waals surface area contributed by atoms with Crippen molar-refractivity contribution in [3.8, 4) is 0 Å². The molecule has 5 nitrogen and oxygen atoms in total. The maximum absolute atomic E-state index is 12.3. The molecule has 1 aromatic heterocycles. The number of anilines is 1. The Balaban J connectivity index is 2.94. The van der Waals surface area contributed by atoms with Crippen LogP contribution in [0.25, 0.3) is 0 Å². The zero-order chi connectivity index (χ0) is 15.3. The Morgan fingerprint density at radius 2 is 1.75 bits per heavy atom. The normalized spacial score (nSPS) is 10.8. The van der Waals surface area contributed by atoms with Gasteiger partial charge in [-0.2, -0.15) is 0 Å². The lowest BCUT2D eigenvalue weighted by Gasteiger charge is -2.26. The number of aryl methyl sites for hydroxylation is 2. The van der Waals surface area contributed by atoms with Crippen LogP contribution in [0.4, 0.5) is 10.6 Å². The first-order valence-corrected chi connectivity index (χ1v) is 6.90. The van der Waals surface area contributed by atoms with Crippen molar-refractivity contribution in [2.75, 3.05) is 46.2 Å². The summed E-state index contributed by atoms with van der Waals surface area (Å²) < 4.78 is 0. The van der Waals surface area contributed by atoms with Crippen LogP contribution in [0.15, 0.2) is 12.1 Å². The molecule has 0 bridgehead atoms. The van der Waals surface area contributed by atoms with Crippen molar-refractivity contribution in [1.82, 2.24) is 14.8 Å². The molecule has 2 amide bonds. The van der Waals surface area contributed by atoms with Crippen molar-refractivity contribution in [3.05, 3.63) is 23.4 Å². The summed E-state index contributed by atoms with van der Waals surface area (Å²) in [6, 6.07) is 3.95. The van der Waals surface area contributed by atoms with E-state index < -0.39 is 0 Å². The minimum atomic E-state index is -0.0266. The SMILES string of the molecule is Cc1cc(C)nc(N(CCCN(C)C)C(=O)N(C)C)c1. The maximum atomic E-state index is 12.3. The summed E-state index contributed by atoms with van der Waals surface area (Å²) >= 11 is 0. The summed E-state index contributed by atoms with van der Waals surface area (Å²) in [7, 11) is 7.61. The lowest BCUT2D eigenvalue weighted by atomic mass is 10.2. The molecule has 0 aliphatic rings. The molecule has 0 N–H and O–H groups in total. The summed E-state index contributed by atoms with van der Waals surface area (Å²) in [5.41, 5.74) is 2.06. The van der Waals surface area contributed by atoms with Gasteiger partial charge < -0.3 is 9.80 Å². The third kappa shape index (κ3) is 4.81. The molecule has 0 aliphatic carbocycles. The third-order valence-electron chi connectivity index (χ3n) is 2.96. The smallest absolute Gasteiger partial charge is 0.325 e. The molecule has 0 unspecified atom stereocenters. The highest BCUT2D eigenvalue weighted by Crippen LogP contribution is 2.16. The summed E-state index contributed by atoms with van der Waals surface area (Å²) in [4.78, 5) is 22.3. The van der Waals surface area contributed by atoms with Crippen LogP contribution in [-0.2, 0) is 0 Å². The molecule has 1 aromatic rings. The lowest BCUT2D eigenvalue weighted by Crippen LogP contribution is -2.41. The van der Waals surface area contributed by atoms with Gasteiger partial charge in [-0.15, -0.1) is 0 Å². The van der Waals surface area contributed by atoms with Crippen LogP contribution < -0.4 is 4.90 Å². The first kappa shape index (κ1) is 16.4. The highest BCUT2D eigenvalue weighted by molar-refractivity contribution is 5.90. The number of urea groups is 1. The standard InChI is InChI=1S/C15H26N4O/c1-12-10-13(2)16-14(11-12)19(15(20)18(5)6)9-7-8-17(3)4/h10-11H,7-9H2,1-6H3. The van der Waals surface area contributed by atoms with E-state index in [1.165, 1.54) is 0 Å². The van der Waals surface area contributed by atoms with Gasteiger partial charge in [-0.3, -0.25) is 4.90 Å². The number of amides is 2. The average Bonchev–Trinajstić information content (AvgIpc) is 2.32. The van der Waals surface area contributed by atoms with E-state index in [1.807, 2.05) is 40.1 Å². The van der Waals surface area contributed by atoms with Crippen LogP contribution in [0.2, 0.25) is 0 Å².